The van der Waals surface area contributed by atoms with E-state index in [9.17, 15) is 14.4 Å². The van der Waals surface area contributed by atoms with Crippen LogP contribution in [0.5, 0.6) is 11.5 Å². The predicted molar refractivity (Wildman–Crippen MR) is 124 cm³/mol. The average molecular weight is 450 g/mol. The molecule has 3 aromatic rings. The number of hydrogen-bond donors (Lipinski definition) is 1. The lowest BCUT2D eigenvalue weighted by atomic mass is 10.1. The van der Waals surface area contributed by atoms with E-state index in [1.807, 2.05) is 30.3 Å². The summed E-state index contributed by atoms with van der Waals surface area (Å²) in [5, 5.41) is 2.77. The van der Waals surface area contributed by atoms with Crippen molar-refractivity contribution in [3.8, 4) is 17.2 Å². The van der Waals surface area contributed by atoms with Crippen LogP contribution in [-0.2, 0) is 16.6 Å². The number of para-hydroxylation sites is 1. The van der Waals surface area contributed by atoms with Crippen LogP contribution in [0.2, 0.25) is 0 Å². The van der Waals surface area contributed by atoms with Gasteiger partial charge in [-0.25, -0.2) is 4.68 Å². The number of anilines is 2. The molecular formula is C24H26N4O5. The summed E-state index contributed by atoms with van der Waals surface area (Å²) in [6.07, 6.45) is 0.0327. The molecule has 9 nitrogen and oxygen atoms in total. The molecule has 1 atom stereocenters. The van der Waals surface area contributed by atoms with Crippen LogP contribution in [0.25, 0.3) is 5.69 Å². The Hall–Kier alpha value is -4.01. The topological polar surface area (TPSA) is 94.8 Å². The molecule has 4 rings (SSSR count). The van der Waals surface area contributed by atoms with E-state index in [0.717, 1.165) is 0 Å². The fourth-order valence-corrected chi connectivity index (χ4v) is 4.06. The van der Waals surface area contributed by atoms with Crippen molar-refractivity contribution in [2.45, 2.75) is 13.3 Å². The molecule has 172 valence electrons. The van der Waals surface area contributed by atoms with Gasteiger partial charge in [-0.05, 0) is 31.2 Å². The number of carbonyl (C=O) groups is 2. The smallest absolute Gasteiger partial charge is 0.295 e. The highest BCUT2D eigenvalue weighted by atomic mass is 16.5. The standard InChI is InChI=1S/C24H26N4O5/c1-15-22(24(31)28(26(15)2)17-8-6-5-7-9-17)25-23(30)16-12-21(29)27(14-16)19-13-18(32-3)10-11-20(19)33-4/h5-11,13,16H,12,14H2,1-4H3,(H,25,30). The first-order chi connectivity index (χ1) is 15.8. The molecule has 1 unspecified atom stereocenters. The van der Waals surface area contributed by atoms with Crippen LogP contribution in [0.1, 0.15) is 12.1 Å². The highest BCUT2D eigenvalue weighted by Gasteiger charge is 2.37. The number of methoxy groups -OCH3 is 2. The van der Waals surface area contributed by atoms with Gasteiger partial charge in [0.15, 0.2) is 0 Å². The number of nitrogens with one attached hydrogen (secondary N) is 1. The van der Waals surface area contributed by atoms with Crippen LogP contribution < -0.4 is 25.2 Å². The molecule has 2 heterocycles. The van der Waals surface area contributed by atoms with E-state index in [1.54, 1.807) is 36.9 Å². The third-order valence-corrected chi connectivity index (χ3v) is 5.98. The first kappa shape index (κ1) is 22.2. The molecule has 2 amide bonds. The number of aromatic nitrogens is 2. The Morgan fingerprint density at radius 1 is 1.06 bits per heavy atom. The SMILES string of the molecule is COc1ccc(OC)c(N2CC(C(=O)Nc3c(C)n(C)n(-c4ccccc4)c3=O)CC2=O)c1. The number of nitrogens with zero attached hydrogens (tertiary/aromatic N) is 3. The van der Waals surface area contributed by atoms with Crippen LogP contribution in [0.3, 0.4) is 0 Å². The first-order valence-electron chi connectivity index (χ1n) is 10.5. The van der Waals surface area contributed by atoms with Crippen LogP contribution in [-0.4, -0.2) is 41.9 Å². The minimum absolute atomic E-state index is 0.0327. The quantitative estimate of drug-likeness (QED) is 0.623. The second-order valence-corrected chi connectivity index (χ2v) is 7.87. The molecule has 0 spiro atoms. The summed E-state index contributed by atoms with van der Waals surface area (Å²) in [6, 6.07) is 14.4. The lowest BCUT2D eigenvalue weighted by Crippen LogP contribution is -2.30. The molecule has 0 bridgehead atoms. The Morgan fingerprint density at radius 2 is 1.79 bits per heavy atom. The highest BCUT2D eigenvalue weighted by Crippen LogP contribution is 2.36. The lowest BCUT2D eigenvalue weighted by Gasteiger charge is -2.20. The number of benzene rings is 2. The maximum atomic E-state index is 13.1. The molecule has 1 aliphatic heterocycles. The summed E-state index contributed by atoms with van der Waals surface area (Å²) >= 11 is 0. The maximum absolute atomic E-state index is 13.1. The van der Waals surface area contributed by atoms with E-state index < -0.39 is 5.92 Å². The molecule has 0 saturated carbocycles. The minimum atomic E-state index is -0.613. The van der Waals surface area contributed by atoms with Crippen LogP contribution in [0.4, 0.5) is 11.4 Å². The Labute approximate surface area is 191 Å². The third kappa shape index (κ3) is 3.97. The van der Waals surface area contributed by atoms with Crippen molar-refractivity contribution < 1.29 is 19.1 Å². The number of ether oxygens (including phenoxy) is 2. The van der Waals surface area contributed by atoms with Gasteiger partial charge in [-0.3, -0.25) is 19.1 Å². The number of rotatable bonds is 6. The van der Waals surface area contributed by atoms with Crippen molar-refractivity contribution in [3.63, 3.8) is 0 Å². The average Bonchev–Trinajstić information content (AvgIpc) is 3.32. The zero-order valence-corrected chi connectivity index (χ0v) is 19.0. The molecule has 1 aliphatic rings. The molecule has 9 heteroatoms. The zero-order valence-electron chi connectivity index (χ0n) is 19.0. The van der Waals surface area contributed by atoms with Crippen LogP contribution in [0, 0.1) is 12.8 Å². The summed E-state index contributed by atoms with van der Waals surface area (Å²) in [7, 11) is 4.82. The Kier molecular flexibility index (Phi) is 5.95. The van der Waals surface area contributed by atoms with Crippen LogP contribution in [0.15, 0.2) is 53.3 Å². The summed E-state index contributed by atoms with van der Waals surface area (Å²) in [5.41, 5.74) is 1.73. The number of carbonyl (C=O) groups excluding carboxylic acids is 2. The van der Waals surface area contributed by atoms with Gasteiger partial charge in [0.05, 0.1) is 37.2 Å². The molecule has 1 saturated heterocycles. The zero-order chi connectivity index (χ0) is 23.7. The van der Waals surface area contributed by atoms with E-state index >= 15 is 0 Å². The van der Waals surface area contributed by atoms with Crippen molar-refractivity contribution >= 4 is 23.2 Å². The van der Waals surface area contributed by atoms with E-state index in [2.05, 4.69) is 5.32 Å². The largest absolute Gasteiger partial charge is 0.497 e. The molecule has 1 N–H and O–H groups in total. The molecular weight excluding hydrogens is 424 g/mol. The lowest BCUT2D eigenvalue weighted by molar-refractivity contribution is -0.122. The molecule has 0 radical (unpaired) electrons. The molecule has 1 fully saturated rings. The summed E-state index contributed by atoms with van der Waals surface area (Å²) < 4.78 is 13.8. The van der Waals surface area contributed by atoms with Crippen molar-refractivity contribution in [1.82, 2.24) is 9.36 Å². The van der Waals surface area contributed by atoms with Crippen molar-refractivity contribution in [2.75, 3.05) is 31.0 Å². The van der Waals surface area contributed by atoms with Gasteiger partial charge >= 0.3 is 0 Å². The van der Waals surface area contributed by atoms with Gasteiger partial charge < -0.3 is 19.7 Å². The Bertz CT molecular complexity index is 1260. The van der Waals surface area contributed by atoms with E-state index in [-0.39, 0.29) is 36.0 Å². The summed E-state index contributed by atoms with van der Waals surface area (Å²) in [6.45, 7) is 1.94. The van der Waals surface area contributed by atoms with Crippen molar-refractivity contribution in [3.05, 3.63) is 64.6 Å². The van der Waals surface area contributed by atoms with Gasteiger partial charge in [0.2, 0.25) is 11.8 Å². The van der Waals surface area contributed by atoms with Gasteiger partial charge in [-0.2, -0.15) is 0 Å². The molecule has 2 aromatic carbocycles. The minimum Gasteiger partial charge on any atom is -0.497 e. The molecule has 33 heavy (non-hydrogen) atoms. The van der Waals surface area contributed by atoms with E-state index in [4.69, 9.17) is 9.47 Å². The fraction of sp³-hybridized carbons (Fsp3) is 0.292. The second-order valence-electron chi connectivity index (χ2n) is 7.87. The fourth-order valence-electron chi connectivity index (χ4n) is 4.06. The Morgan fingerprint density at radius 3 is 2.45 bits per heavy atom. The predicted octanol–water partition coefficient (Wildman–Crippen LogP) is 2.49. The van der Waals surface area contributed by atoms with E-state index in [0.29, 0.717) is 28.6 Å². The molecule has 0 aliphatic carbocycles. The monoisotopic (exact) mass is 450 g/mol. The third-order valence-electron chi connectivity index (χ3n) is 5.98. The van der Waals surface area contributed by atoms with Gasteiger partial charge in [0.25, 0.3) is 5.56 Å². The normalized spacial score (nSPS) is 15.6. The van der Waals surface area contributed by atoms with Gasteiger partial charge in [-0.1, -0.05) is 18.2 Å². The van der Waals surface area contributed by atoms with Crippen molar-refractivity contribution in [2.24, 2.45) is 13.0 Å². The van der Waals surface area contributed by atoms with E-state index in [1.165, 1.54) is 23.8 Å². The summed E-state index contributed by atoms with van der Waals surface area (Å²) in [4.78, 5) is 40.4. The van der Waals surface area contributed by atoms with Gasteiger partial charge in [0, 0.05) is 26.1 Å². The first-order valence-corrected chi connectivity index (χ1v) is 10.5. The highest BCUT2D eigenvalue weighted by molar-refractivity contribution is 6.04. The van der Waals surface area contributed by atoms with Crippen LogP contribution >= 0.6 is 0 Å². The molecule has 1 aromatic heterocycles. The Balaban J connectivity index is 1.58. The number of amides is 2. The maximum Gasteiger partial charge on any atom is 0.295 e. The van der Waals surface area contributed by atoms with Crippen molar-refractivity contribution in [1.29, 1.82) is 0 Å². The van der Waals surface area contributed by atoms with Gasteiger partial charge in [-0.15, -0.1) is 0 Å². The van der Waals surface area contributed by atoms with Gasteiger partial charge in [0.1, 0.15) is 17.2 Å². The second kappa shape index (κ2) is 8.85. The summed E-state index contributed by atoms with van der Waals surface area (Å²) in [5.74, 6) is -0.104. The number of hydrogen-bond acceptors (Lipinski definition) is 5.